The molecule has 78 valence electrons. The van der Waals surface area contributed by atoms with Crippen LogP contribution in [0.15, 0.2) is 5.16 Å². The number of nitrogens with one attached hydrogen (secondary N) is 1. The van der Waals surface area contributed by atoms with Crippen LogP contribution in [-0.2, 0) is 0 Å². The molecule has 0 aromatic rings. The van der Waals surface area contributed by atoms with Crippen LogP contribution in [-0.4, -0.2) is 34.8 Å². The monoisotopic (exact) mass is 189 g/mol. The number of oxime groups is 1. The van der Waals surface area contributed by atoms with Gasteiger partial charge in [0.2, 0.25) is 0 Å². The predicted octanol–water partition coefficient (Wildman–Crippen LogP) is -0.128. The van der Waals surface area contributed by atoms with E-state index in [1.54, 1.807) is 0 Å². The number of aliphatic hydroxyl groups excluding tert-OH is 1. The zero-order valence-corrected chi connectivity index (χ0v) is 8.20. The van der Waals surface area contributed by atoms with E-state index in [-0.39, 0.29) is 24.5 Å². The lowest BCUT2D eigenvalue weighted by Crippen LogP contribution is -2.40. The Balaban J connectivity index is 3.78. The van der Waals surface area contributed by atoms with E-state index >= 15 is 0 Å². The van der Waals surface area contributed by atoms with Gasteiger partial charge in [-0.1, -0.05) is 12.1 Å². The number of rotatable bonds is 6. The highest BCUT2D eigenvalue weighted by Gasteiger charge is 2.10. The minimum atomic E-state index is 0.0847. The molecule has 5 N–H and O–H groups in total. The fraction of sp³-hybridized carbons (Fsp3) is 0.875. The molecule has 0 rings (SSSR count). The van der Waals surface area contributed by atoms with Gasteiger partial charge in [-0.3, -0.25) is 0 Å². The molecule has 0 saturated heterocycles. The Morgan fingerprint density at radius 2 is 2.23 bits per heavy atom. The topological polar surface area (TPSA) is 90.9 Å². The Hall–Kier alpha value is -0.810. The van der Waals surface area contributed by atoms with Gasteiger partial charge in [0.25, 0.3) is 0 Å². The van der Waals surface area contributed by atoms with Gasteiger partial charge in [-0.2, -0.15) is 0 Å². The van der Waals surface area contributed by atoms with E-state index in [0.717, 1.165) is 6.42 Å². The first-order valence-electron chi connectivity index (χ1n) is 4.47. The minimum absolute atomic E-state index is 0.0847. The average molecular weight is 189 g/mol. The summed E-state index contributed by atoms with van der Waals surface area (Å²) in [5, 5.41) is 23.2. The molecule has 0 aliphatic carbocycles. The third-order valence-electron chi connectivity index (χ3n) is 1.88. The lowest BCUT2D eigenvalue weighted by Gasteiger charge is -2.19. The molecular formula is C8H19N3O2. The normalized spacial score (nSPS) is 17.0. The SMILES string of the molecule is CCC(CO)NC(C)CC(N)=NO. The van der Waals surface area contributed by atoms with Crippen molar-refractivity contribution in [2.75, 3.05) is 6.61 Å². The van der Waals surface area contributed by atoms with Crippen LogP contribution in [0.25, 0.3) is 0 Å². The molecule has 0 saturated carbocycles. The third kappa shape index (κ3) is 5.43. The lowest BCUT2D eigenvalue weighted by atomic mass is 10.1. The van der Waals surface area contributed by atoms with Crippen molar-refractivity contribution in [3.8, 4) is 0 Å². The van der Waals surface area contributed by atoms with Gasteiger partial charge >= 0.3 is 0 Å². The fourth-order valence-corrected chi connectivity index (χ4v) is 1.12. The first-order chi connectivity index (χ1) is 6.13. The van der Waals surface area contributed by atoms with Crippen molar-refractivity contribution >= 4 is 5.84 Å². The van der Waals surface area contributed by atoms with Gasteiger partial charge in [0.05, 0.1) is 6.61 Å². The molecular weight excluding hydrogens is 170 g/mol. The molecule has 0 amide bonds. The molecule has 0 bridgehead atoms. The molecule has 0 heterocycles. The van der Waals surface area contributed by atoms with Gasteiger partial charge in [-0.15, -0.1) is 0 Å². The number of nitrogens with zero attached hydrogens (tertiary/aromatic N) is 1. The van der Waals surface area contributed by atoms with E-state index in [4.69, 9.17) is 16.0 Å². The third-order valence-corrected chi connectivity index (χ3v) is 1.88. The Morgan fingerprint density at radius 3 is 2.62 bits per heavy atom. The van der Waals surface area contributed by atoms with Crippen molar-refractivity contribution in [3.05, 3.63) is 0 Å². The summed E-state index contributed by atoms with van der Waals surface area (Å²) in [6.07, 6.45) is 1.34. The molecule has 2 atom stereocenters. The van der Waals surface area contributed by atoms with Crippen LogP contribution in [0.1, 0.15) is 26.7 Å². The lowest BCUT2D eigenvalue weighted by molar-refractivity contribution is 0.230. The summed E-state index contributed by atoms with van der Waals surface area (Å²) in [7, 11) is 0. The Morgan fingerprint density at radius 1 is 1.62 bits per heavy atom. The summed E-state index contributed by atoms with van der Waals surface area (Å²) in [6.45, 7) is 4.03. The molecule has 0 spiro atoms. The molecule has 0 fully saturated rings. The fourth-order valence-electron chi connectivity index (χ4n) is 1.12. The zero-order valence-electron chi connectivity index (χ0n) is 8.20. The van der Waals surface area contributed by atoms with Crippen LogP contribution >= 0.6 is 0 Å². The maximum Gasteiger partial charge on any atom is 0.140 e. The average Bonchev–Trinajstić information content (AvgIpc) is 2.13. The van der Waals surface area contributed by atoms with E-state index in [1.165, 1.54) is 0 Å². The van der Waals surface area contributed by atoms with Crippen LogP contribution in [0.3, 0.4) is 0 Å². The van der Waals surface area contributed by atoms with Crippen LogP contribution in [0.2, 0.25) is 0 Å². The summed E-state index contributed by atoms with van der Waals surface area (Å²) in [6, 6.07) is 0.189. The highest BCUT2D eigenvalue weighted by molar-refractivity contribution is 5.80. The van der Waals surface area contributed by atoms with Gasteiger partial charge in [0.1, 0.15) is 5.84 Å². The molecule has 0 aromatic heterocycles. The van der Waals surface area contributed by atoms with Gasteiger partial charge in [-0.25, -0.2) is 0 Å². The van der Waals surface area contributed by atoms with Crippen molar-refractivity contribution in [1.29, 1.82) is 0 Å². The van der Waals surface area contributed by atoms with Crippen molar-refractivity contribution in [3.63, 3.8) is 0 Å². The van der Waals surface area contributed by atoms with E-state index in [1.807, 2.05) is 13.8 Å². The van der Waals surface area contributed by atoms with E-state index in [0.29, 0.717) is 6.42 Å². The summed E-state index contributed by atoms with van der Waals surface area (Å²) in [5.74, 6) is 0.202. The number of hydrogen-bond acceptors (Lipinski definition) is 4. The number of aliphatic hydroxyl groups is 1. The molecule has 0 aliphatic rings. The van der Waals surface area contributed by atoms with Gasteiger partial charge in [0, 0.05) is 18.5 Å². The molecule has 0 radical (unpaired) electrons. The summed E-state index contributed by atoms with van der Waals surface area (Å²) in [4.78, 5) is 0. The molecule has 5 nitrogen and oxygen atoms in total. The van der Waals surface area contributed by atoms with Crippen LogP contribution < -0.4 is 11.1 Å². The van der Waals surface area contributed by atoms with E-state index in [2.05, 4.69) is 10.5 Å². The number of nitrogens with two attached hydrogens (primary N) is 1. The quantitative estimate of drug-likeness (QED) is 0.203. The van der Waals surface area contributed by atoms with Crippen LogP contribution in [0.4, 0.5) is 0 Å². The number of hydrogen-bond donors (Lipinski definition) is 4. The Bertz CT molecular complexity index is 157. The summed E-state index contributed by atoms with van der Waals surface area (Å²) in [5.41, 5.74) is 5.33. The minimum Gasteiger partial charge on any atom is -0.409 e. The second-order valence-corrected chi connectivity index (χ2v) is 3.15. The standard InChI is InChI=1S/C8H19N3O2/c1-3-7(5-12)10-6(2)4-8(9)11-13/h6-7,10,12-13H,3-5H2,1-2H3,(H2,9,11). The van der Waals surface area contributed by atoms with E-state index < -0.39 is 0 Å². The van der Waals surface area contributed by atoms with Crippen LogP contribution in [0, 0.1) is 0 Å². The van der Waals surface area contributed by atoms with Crippen molar-refractivity contribution in [2.24, 2.45) is 10.9 Å². The Kier molecular flexibility index (Phi) is 6.26. The van der Waals surface area contributed by atoms with Gasteiger partial charge in [0.15, 0.2) is 0 Å². The Labute approximate surface area is 78.6 Å². The molecule has 0 aromatic carbocycles. The summed E-state index contributed by atoms with van der Waals surface area (Å²) < 4.78 is 0. The van der Waals surface area contributed by atoms with Crippen molar-refractivity contribution < 1.29 is 10.3 Å². The zero-order chi connectivity index (χ0) is 10.3. The second kappa shape index (κ2) is 6.68. The van der Waals surface area contributed by atoms with E-state index in [9.17, 15) is 0 Å². The smallest absolute Gasteiger partial charge is 0.140 e. The van der Waals surface area contributed by atoms with Crippen molar-refractivity contribution in [2.45, 2.75) is 38.8 Å². The maximum absolute atomic E-state index is 8.89. The largest absolute Gasteiger partial charge is 0.409 e. The number of amidine groups is 1. The molecule has 13 heavy (non-hydrogen) atoms. The second-order valence-electron chi connectivity index (χ2n) is 3.15. The highest BCUT2D eigenvalue weighted by Crippen LogP contribution is 1.96. The molecule has 0 aliphatic heterocycles. The molecule has 2 unspecified atom stereocenters. The first kappa shape index (κ1) is 12.2. The maximum atomic E-state index is 8.89. The molecule has 5 heteroatoms. The predicted molar refractivity (Wildman–Crippen MR) is 51.8 cm³/mol. The van der Waals surface area contributed by atoms with Crippen molar-refractivity contribution in [1.82, 2.24) is 5.32 Å². The summed E-state index contributed by atoms with van der Waals surface area (Å²) >= 11 is 0. The highest BCUT2D eigenvalue weighted by atomic mass is 16.4. The van der Waals surface area contributed by atoms with Gasteiger partial charge in [-0.05, 0) is 13.3 Å². The van der Waals surface area contributed by atoms with Crippen LogP contribution in [0.5, 0.6) is 0 Å². The first-order valence-corrected chi connectivity index (χ1v) is 4.47. The van der Waals surface area contributed by atoms with Gasteiger partial charge < -0.3 is 21.4 Å².